The molecule has 3 aromatic heterocycles. The Balaban J connectivity index is 1.43. The number of hydrogen-bond acceptors (Lipinski definition) is 8. The molecule has 11 heteroatoms. The first kappa shape index (κ1) is 21.5. The third-order valence-corrected chi connectivity index (χ3v) is 6.18. The van der Waals surface area contributed by atoms with Gasteiger partial charge in [0.2, 0.25) is 11.9 Å². The molecule has 0 unspecified atom stereocenters. The van der Waals surface area contributed by atoms with Crippen molar-refractivity contribution >= 4 is 33.4 Å². The number of ether oxygens (including phenoxy) is 2. The van der Waals surface area contributed by atoms with Crippen LogP contribution in [-0.4, -0.2) is 45.3 Å². The van der Waals surface area contributed by atoms with E-state index >= 15 is 0 Å². The van der Waals surface area contributed by atoms with Gasteiger partial charge in [-0.1, -0.05) is 0 Å². The number of carbonyl (C=O) groups excluding carboxylic acids is 1. The normalized spacial score (nSPS) is 11.0. The van der Waals surface area contributed by atoms with Crippen molar-refractivity contribution in [2.45, 2.75) is 26.7 Å². The van der Waals surface area contributed by atoms with E-state index in [4.69, 9.17) is 9.47 Å². The molecule has 0 bridgehead atoms. The first-order chi connectivity index (χ1) is 15.4. The van der Waals surface area contributed by atoms with Gasteiger partial charge in [-0.2, -0.15) is 4.98 Å². The highest BCUT2D eigenvalue weighted by molar-refractivity contribution is 7.18. The van der Waals surface area contributed by atoms with Crippen LogP contribution in [0.2, 0.25) is 0 Å². The van der Waals surface area contributed by atoms with Crippen LogP contribution in [0.1, 0.15) is 22.7 Å². The van der Waals surface area contributed by atoms with E-state index in [1.165, 1.54) is 11.3 Å². The molecule has 0 saturated carbocycles. The summed E-state index contributed by atoms with van der Waals surface area (Å²) in [4.78, 5) is 38.1. The predicted molar refractivity (Wildman–Crippen MR) is 122 cm³/mol. The van der Waals surface area contributed by atoms with Crippen LogP contribution in [0.15, 0.2) is 23.0 Å². The zero-order valence-corrected chi connectivity index (χ0v) is 18.8. The lowest BCUT2D eigenvalue weighted by Gasteiger charge is -2.07. The topological polar surface area (TPSA) is 135 Å². The van der Waals surface area contributed by atoms with Crippen molar-refractivity contribution in [3.05, 3.63) is 44.8 Å². The van der Waals surface area contributed by atoms with Gasteiger partial charge in [-0.3, -0.25) is 20.0 Å². The van der Waals surface area contributed by atoms with Gasteiger partial charge in [0.05, 0.1) is 25.2 Å². The Hall–Kier alpha value is -3.73. The summed E-state index contributed by atoms with van der Waals surface area (Å²) in [6.45, 7) is 3.87. The van der Waals surface area contributed by atoms with E-state index < -0.39 is 0 Å². The summed E-state index contributed by atoms with van der Waals surface area (Å²) in [6, 6.07) is 5.30. The number of H-pyrrole nitrogens is 2. The third kappa shape index (κ3) is 4.19. The molecule has 0 spiro atoms. The predicted octanol–water partition coefficient (Wildman–Crippen LogP) is 2.98. The number of aromatic nitrogens is 5. The second-order valence-electron chi connectivity index (χ2n) is 7.10. The van der Waals surface area contributed by atoms with Gasteiger partial charge >= 0.3 is 0 Å². The second-order valence-corrected chi connectivity index (χ2v) is 8.30. The molecule has 0 radical (unpaired) electrons. The molecule has 0 fully saturated rings. The van der Waals surface area contributed by atoms with Crippen LogP contribution in [0, 0.1) is 13.8 Å². The third-order valence-electron chi connectivity index (χ3n) is 5.08. The fourth-order valence-corrected chi connectivity index (χ4v) is 4.32. The number of thiophene rings is 1. The molecule has 0 aliphatic carbocycles. The molecule has 0 saturated heterocycles. The Labute approximate surface area is 187 Å². The average Bonchev–Trinajstić information content (AvgIpc) is 3.35. The summed E-state index contributed by atoms with van der Waals surface area (Å²) >= 11 is 1.48. The Morgan fingerprint density at radius 3 is 2.75 bits per heavy atom. The van der Waals surface area contributed by atoms with Crippen LogP contribution < -0.4 is 20.3 Å². The lowest BCUT2D eigenvalue weighted by Crippen LogP contribution is -2.16. The monoisotopic (exact) mass is 454 g/mol. The number of rotatable bonds is 7. The van der Waals surface area contributed by atoms with E-state index in [1.54, 1.807) is 32.4 Å². The SMILES string of the molecule is COc1ccc(-c2nc(NC(=O)CCc3nc4sc(C)c(C)c4c(=O)[nH]3)n[nH]2)c(OC)c1. The van der Waals surface area contributed by atoms with E-state index in [9.17, 15) is 9.59 Å². The number of methoxy groups -OCH3 is 2. The molecule has 166 valence electrons. The minimum absolute atomic E-state index is 0.119. The maximum absolute atomic E-state index is 12.4. The first-order valence-electron chi connectivity index (χ1n) is 9.83. The number of carbonyl (C=O) groups is 1. The Morgan fingerprint density at radius 1 is 1.19 bits per heavy atom. The molecule has 32 heavy (non-hydrogen) atoms. The van der Waals surface area contributed by atoms with E-state index in [0.717, 1.165) is 10.4 Å². The summed E-state index contributed by atoms with van der Waals surface area (Å²) in [6.07, 6.45) is 0.407. The van der Waals surface area contributed by atoms with Gasteiger partial charge in [-0.05, 0) is 31.5 Å². The molecule has 10 nitrogen and oxygen atoms in total. The van der Waals surface area contributed by atoms with Gasteiger partial charge in [0.15, 0.2) is 5.82 Å². The summed E-state index contributed by atoms with van der Waals surface area (Å²) in [5.41, 5.74) is 1.44. The molecule has 0 aliphatic rings. The van der Waals surface area contributed by atoms with Crippen molar-refractivity contribution in [1.82, 2.24) is 25.1 Å². The molecule has 4 rings (SSSR count). The van der Waals surface area contributed by atoms with Crippen molar-refractivity contribution in [3.8, 4) is 22.9 Å². The van der Waals surface area contributed by atoms with Gasteiger partial charge < -0.3 is 14.5 Å². The fraction of sp³-hybridized carbons (Fsp3) is 0.286. The fourth-order valence-electron chi connectivity index (χ4n) is 3.27. The lowest BCUT2D eigenvalue weighted by molar-refractivity contribution is -0.116. The van der Waals surface area contributed by atoms with Crippen LogP contribution >= 0.6 is 11.3 Å². The molecule has 1 aromatic carbocycles. The molecule has 1 amide bonds. The molecular weight excluding hydrogens is 432 g/mol. The van der Waals surface area contributed by atoms with E-state index in [-0.39, 0.29) is 30.3 Å². The van der Waals surface area contributed by atoms with Gasteiger partial charge in [0.1, 0.15) is 22.2 Å². The number of anilines is 1. The van der Waals surface area contributed by atoms with Crippen LogP contribution in [0.5, 0.6) is 11.5 Å². The highest BCUT2D eigenvalue weighted by Crippen LogP contribution is 2.31. The summed E-state index contributed by atoms with van der Waals surface area (Å²) in [5.74, 6) is 1.97. The van der Waals surface area contributed by atoms with Crippen LogP contribution in [-0.2, 0) is 11.2 Å². The largest absolute Gasteiger partial charge is 0.497 e. The highest BCUT2D eigenvalue weighted by Gasteiger charge is 2.15. The molecule has 3 N–H and O–H groups in total. The van der Waals surface area contributed by atoms with Gasteiger partial charge in [-0.25, -0.2) is 4.98 Å². The molecule has 4 aromatic rings. The van der Waals surface area contributed by atoms with Gasteiger partial charge in [0, 0.05) is 23.8 Å². The average molecular weight is 455 g/mol. The molecule has 0 aliphatic heterocycles. The summed E-state index contributed by atoms with van der Waals surface area (Å²) in [7, 11) is 3.12. The Kier molecular flexibility index (Phi) is 5.91. The lowest BCUT2D eigenvalue weighted by atomic mass is 10.2. The van der Waals surface area contributed by atoms with Crippen LogP contribution in [0.3, 0.4) is 0 Å². The van der Waals surface area contributed by atoms with E-state index in [0.29, 0.717) is 38.9 Å². The number of benzene rings is 1. The molecular formula is C21H22N6O4S. The van der Waals surface area contributed by atoms with Crippen molar-refractivity contribution < 1.29 is 14.3 Å². The van der Waals surface area contributed by atoms with Crippen molar-refractivity contribution in [3.63, 3.8) is 0 Å². The number of nitrogens with one attached hydrogen (secondary N) is 3. The minimum atomic E-state index is -0.293. The van der Waals surface area contributed by atoms with Crippen molar-refractivity contribution in [1.29, 1.82) is 0 Å². The highest BCUT2D eigenvalue weighted by atomic mass is 32.1. The maximum atomic E-state index is 12.4. The summed E-state index contributed by atoms with van der Waals surface area (Å²) in [5, 5.41) is 10.1. The Bertz CT molecular complexity index is 1360. The van der Waals surface area contributed by atoms with Gasteiger partial charge in [0.25, 0.3) is 5.56 Å². The van der Waals surface area contributed by atoms with Crippen LogP contribution in [0.25, 0.3) is 21.6 Å². The Morgan fingerprint density at radius 2 is 2.00 bits per heavy atom. The maximum Gasteiger partial charge on any atom is 0.259 e. The number of aromatic amines is 2. The van der Waals surface area contributed by atoms with E-state index in [1.807, 2.05) is 13.8 Å². The zero-order valence-electron chi connectivity index (χ0n) is 18.0. The number of fused-ring (bicyclic) bond motifs is 1. The van der Waals surface area contributed by atoms with Crippen molar-refractivity contribution in [2.24, 2.45) is 0 Å². The quantitative estimate of drug-likeness (QED) is 0.391. The first-order valence-corrected chi connectivity index (χ1v) is 10.6. The summed E-state index contributed by atoms with van der Waals surface area (Å²) < 4.78 is 10.6. The van der Waals surface area contributed by atoms with Gasteiger partial charge in [-0.15, -0.1) is 16.4 Å². The standard InChI is InChI=1S/C21H22N6O4S/c1-10-11(2)32-20-17(10)19(29)22-15(23-20)7-8-16(28)24-21-25-18(26-27-21)13-6-5-12(30-3)9-14(13)31-4/h5-6,9H,7-8H2,1-4H3,(H,22,23,29)(H2,24,25,26,27,28). The second kappa shape index (κ2) is 8.79. The number of aryl methyl sites for hydroxylation is 3. The molecule has 3 heterocycles. The van der Waals surface area contributed by atoms with Crippen molar-refractivity contribution in [2.75, 3.05) is 19.5 Å². The van der Waals surface area contributed by atoms with E-state index in [2.05, 4.69) is 30.5 Å². The zero-order chi connectivity index (χ0) is 22.8. The smallest absolute Gasteiger partial charge is 0.259 e. The number of hydrogen-bond donors (Lipinski definition) is 3. The minimum Gasteiger partial charge on any atom is -0.497 e. The van der Waals surface area contributed by atoms with Crippen LogP contribution in [0.4, 0.5) is 5.95 Å². The number of nitrogens with zero attached hydrogens (tertiary/aromatic N) is 3. The molecule has 0 atom stereocenters. The number of amides is 1.